The fourth-order valence-corrected chi connectivity index (χ4v) is 4.31. The van der Waals surface area contributed by atoms with Crippen molar-refractivity contribution in [2.45, 2.75) is 26.9 Å². The highest BCUT2D eigenvalue weighted by Crippen LogP contribution is 2.29. The van der Waals surface area contributed by atoms with Crippen LogP contribution in [0.5, 0.6) is 0 Å². The Morgan fingerprint density at radius 2 is 1.90 bits per heavy atom. The maximum Gasteiger partial charge on any atom is 0.255 e. The van der Waals surface area contributed by atoms with Crippen molar-refractivity contribution < 1.29 is 4.79 Å². The summed E-state index contributed by atoms with van der Waals surface area (Å²) in [5, 5.41) is 7.28. The average molecular weight is 434 g/mol. The molecule has 0 bridgehead atoms. The summed E-state index contributed by atoms with van der Waals surface area (Å²) in [7, 11) is 4.04. The van der Waals surface area contributed by atoms with Crippen LogP contribution < -0.4 is 4.90 Å². The predicted molar refractivity (Wildman–Crippen MR) is 128 cm³/mol. The fourth-order valence-electron chi connectivity index (χ4n) is 3.62. The zero-order valence-corrected chi connectivity index (χ0v) is 19.2. The highest BCUT2D eigenvalue weighted by molar-refractivity contribution is 7.13. The number of nitrogens with zero attached hydrogens (tertiary/aromatic N) is 5. The third kappa shape index (κ3) is 4.18. The van der Waals surface area contributed by atoms with Crippen LogP contribution in [0.25, 0.3) is 21.6 Å². The molecule has 0 fully saturated rings. The van der Waals surface area contributed by atoms with Gasteiger partial charge in [-0.2, -0.15) is 5.10 Å². The van der Waals surface area contributed by atoms with Gasteiger partial charge < -0.3 is 9.80 Å². The molecule has 6 nitrogen and oxygen atoms in total. The van der Waals surface area contributed by atoms with Gasteiger partial charge in [0.25, 0.3) is 5.91 Å². The summed E-state index contributed by atoms with van der Waals surface area (Å²) in [5.74, 6) is 0.0000419. The second-order valence-corrected chi connectivity index (χ2v) is 8.56. The summed E-state index contributed by atoms with van der Waals surface area (Å²) in [5.41, 5.74) is 4.46. The number of aryl methyl sites for hydroxylation is 1. The van der Waals surface area contributed by atoms with Crippen LogP contribution in [0.3, 0.4) is 0 Å². The number of carbonyl (C=O) groups is 1. The van der Waals surface area contributed by atoms with Gasteiger partial charge in [-0.1, -0.05) is 18.2 Å². The van der Waals surface area contributed by atoms with Crippen molar-refractivity contribution in [3.05, 3.63) is 65.2 Å². The number of carbonyl (C=O) groups excluding carboxylic acids is 1. The van der Waals surface area contributed by atoms with Gasteiger partial charge in [0.05, 0.1) is 27.7 Å². The van der Waals surface area contributed by atoms with E-state index in [0.29, 0.717) is 25.2 Å². The van der Waals surface area contributed by atoms with E-state index in [-0.39, 0.29) is 5.91 Å². The number of aromatic nitrogens is 3. The quantitative estimate of drug-likeness (QED) is 0.416. The highest BCUT2D eigenvalue weighted by Gasteiger charge is 2.21. The summed E-state index contributed by atoms with van der Waals surface area (Å²) >= 11 is 1.62. The Bertz CT molecular complexity index is 1180. The molecule has 0 saturated carbocycles. The zero-order chi connectivity index (χ0) is 22.0. The molecule has 0 saturated heterocycles. The molecule has 7 heteroatoms. The van der Waals surface area contributed by atoms with E-state index in [2.05, 4.69) is 34.3 Å². The first-order valence-corrected chi connectivity index (χ1v) is 11.4. The third-order valence-electron chi connectivity index (χ3n) is 5.41. The predicted octanol–water partition coefficient (Wildman–Crippen LogP) is 4.91. The van der Waals surface area contributed by atoms with E-state index in [1.54, 1.807) is 17.5 Å². The van der Waals surface area contributed by atoms with Crippen molar-refractivity contribution in [3.8, 4) is 10.6 Å². The summed E-state index contributed by atoms with van der Waals surface area (Å²) in [6.45, 7) is 5.93. The molecule has 160 valence electrons. The van der Waals surface area contributed by atoms with Crippen molar-refractivity contribution >= 4 is 34.0 Å². The van der Waals surface area contributed by atoms with Gasteiger partial charge in [0, 0.05) is 39.4 Å². The number of benzene rings is 1. The largest absolute Gasteiger partial charge is 0.378 e. The molecule has 4 aromatic rings. The molecule has 0 aliphatic rings. The molecule has 0 unspecified atom stereocenters. The molecule has 3 aromatic heterocycles. The van der Waals surface area contributed by atoms with Crippen LogP contribution in [0.1, 0.15) is 29.8 Å². The van der Waals surface area contributed by atoms with E-state index >= 15 is 0 Å². The smallest absolute Gasteiger partial charge is 0.255 e. The average Bonchev–Trinajstić information content (AvgIpc) is 3.46. The minimum absolute atomic E-state index is 0.0000419. The number of hydrogen-bond donors (Lipinski definition) is 0. The maximum atomic E-state index is 13.6. The Morgan fingerprint density at radius 3 is 2.52 bits per heavy atom. The Kier molecular flexibility index (Phi) is 6.04. The molecule has 3 heterocycles. The Hall–Kier alpha value is -3.19. The van der Waals surface area contributed by atoms with E-state index in [1.165, 1.54) is 0 Å². The molecule has 0 aliphatic carbocycles. The van der Waals surface area contributed by atoms with Crippen LogP contribution >= 0.6 is 11.3 Å². The molecule has 0 spiro atoms. The molecule has 1 aromatic carbocycles. The molecule has 0 aliphatic heterocycles. The minimum atomic E-state index is 0.0000419. The minimum Gasteiger partial charge on any atom is -0.378 e. The van der Waals surface area contributed by atoms with Gasteiger partial charge in [-0.25, -0.2) is 9.67 Å². The lowest BCUT2D eigenvalue weighted by Gasteiger charge is -2.22. The molecule has 0 atom stereocenters. The van der Waals surface area contributed by atoms with Gasteiger partial charge in [-0.3, -0.25) is 4.79 Å². The molecule has 0 radical (unpaired) electrons. The van der Waals surface area contributed by atoms with E-state index in [4.69, 9.17) is 4.98 Å². The van der Waals surface area contributed by atoms with Crippen LogP contribution in [0.2, 0.25) is 0 Å². The molecular weight excluding hydrogens is 406 g/mol. The van der Waals surface area contributed by atoms with Crippen molar-refractivity contribution in [1.29, 1.82) is 0 Å². The first kappa shape index (κ1) is 21.1. The highest BCUT2D eigenvalue weighted by atomic mass is 32.1. The molecule has 31 heavy (non-hydrogen) atoms. The molecular formula is C24H27N5OS. The van der Waals surface area contributed by atoms with E-state index < -0.39 is 0 Å². The number of thiophene rings is 1. The van der Waals surface area contributed by atoms with Crippen molar-refractivity contribution in [3.63, 3.8) is 0 Å². The van der Waals surface area contributed by atoms with Gasteiger partial charge in [0.2, 0.25) is 0 Å². The number of hydrogen-bond acceptors (Lipinski definition) is 5. The van der Waals surface area contributed by atoms with Crippen molar-refractivity contribution in [2.75, 3.05) is 25.5 Å². The summed E-state index contributed by atoms with van der Waals surface area (Å²) in [4.78, 5) is 23.5. The molecule has 4 rings (SSSR count). The van der Waals surface area contributed by atoms with Crippen LogP contribution in [-0.4, -0.2) is 46.2 Å². The summed E-state index contributed by atoms with van der Waals surface area (Å²) in [6, 6.07) is 14.3. The standard InChI is InChI=1S/C24H27N5OS/c1-5-28(16-17-9-11-18(12-10-17)27(3)4)24(30)19-14-21(22-8-7-13-31-22)26-23-20(19)15-25-29(23)6-2/h7-15H,5-6,16H2,1-4H3. The lowest BCUT2D eigenvalue weighted by atomic mass is 10.1. The lowest BCUT2D eigenvalue weighted by Crippen LogP contribution is -2.30. The second-order valence-electron chi connectivity index (χ2n) is 7.61. The van der Waals surface area contributed by atoms with E-state index in [0.717, 1.165) is 32.9 Å². The summed E-state index contributed by atoms with van der Waals surface area (Å²) in [6.07, 6.45) is 1.76. The second kappa shape index (κ2) is 8.89. The van der Waals surface area contributed by atoms with Gasteiger partial charge in [-0.15, -0.1) is 11.3 Å². The number of amides is 1. The van der Waals surface area contributed by atoms with Gasteiger partial charge in [0.15, 0.2) is 5.65 Å². The Balaban J connectivity index is 1.71. The van der Waals surface area contributed by atoms with Crippen molar-refractivity contribution in [2.24, 2.45) is 0 Å². The molecule has 0 N–H and O–H groups in total. The van der Waals surface area contributed by atoms with Crippen LogP contribution in [0, 0.1) is 0 Å². The number of rotatable bonds is 7. The first-order chi connectivity index (χ1) is 15.0. The van der Waals surface area contributed by atoms with Crippen LogP contribution in [-0.2, 0) is 13.1 Å². The monoisotopic (exact) mass is 433 g/mol. The molecule has 1 amide bonds. The van der Waals surface area contributed by atoms with Gasteiger partial charge in [0.1, 0.15) is 0 Å². The maximum absolute atomic E-state index is 13.6. The van der Waals surface area contributed by atoms with Crippen LogP contribution in [0.4, 0.5) is 5.69 Å². The van der Waals surface area contributed by atoms with Crippen molar-refractivity contribution in [1.82, 2.24) is 19.7 Å². The van der Waals surface area contributed by atoms with E-state index in [1.807, 2.05) is 61.1 Å². The van der Waals surface area contributed by atoms with Gasteiger partial charge in [-0.05, 0) is 49.1 Å². The zero-order valence-electron chi connectivity index (χ0n) is 18.4. The fraction of sp³-hybridized carbons (Fsp3) is 0.292. The Labute approximate surface area is 186 Å². The normalized spacial score (nSPS) is 11.1. The van der Waals surface area contributed by atoms with Gasteiger partial charge >= 0.3 is 0 Å². The summed E-state index contributed by atoms with van der Waals surface area (Å²) < 4.78 is 1.85. The lowest BCUT2D eigenvalue weighted by molar-refractivity contribution is 0.0754. The van der Waals surface area contributed by atoms with E-state index in [9.17, 15) is 4.79 Å². The number of pyridine rings is 1. The van der Waals surface area contributed by atoms with Crippen LogP contribution in [0.15, 0.2) is 54.0 Å². The SMILES string of the molecule is CCN(Cc1ccc(N(C)C)cc1)C(=O)c1cc(-c2cccs2)nc2c1cnn2CC. The first-order valence-electron chi connectivity index (χ1n) is 10.5. The number of anilines is 1. The third-order valence-corrected chi connectivity index (χ3v) is 6.30. The number of fused-ring (bicyclic) bond motifs is 1. The Morgan fingerprint density at radius 1 is 1.13 bits per heavy atom. The topological polar surface area (TPSA) is 54.3 Å².